The number of aromatic nitrogens is 1. The highest BCUT2D eigenvalue weighted by molar-refractivity contribution is 7.90. The van der Waals surface area contributed by atoms with E-state index in [0.717, 1.165) is 47.6 Å². The Kier molecular flexibility index (Phi) is 7.81. The monoisotopic (exact) mass is 535 g/mol. The van der Waals surface area contributed by atoms with Crippen molar-refractivity contribution in [2.24, 2.45) is 0 Å². The lowest BCUT2D eigenvalue weighted by atomic mass is 9.86. The third-order valence-electron chi connectivity index (χ3n) is 8.82. The van der Waals surface area contributed by atoms with Crippen LogP contribution >= 0.6 is 0 Å². The van der Waals surface area contributed by atoms with Gasteiger partial charge in [-0.25, -0.2) is 8.42 Å². The third kappa shape index (κ3) is 5.47. The van der Waals surface area contributed by atoms with Crippen LogP contribution in [-0.4, -0.2) is 67.7 Å². The van der Waals surface area contributed by atoms with E-state index in [-0.39, 0.29) is 10.5 Å². The number of rotatable bonds is 6. The highest BCUT2D eigenvalue weighted by atomic mass is 32.2. The fraction of sp³-hybridized carbons (Fsp3) is 0.516. The summed E-state index contributed by atoms with van der Waals surface area (Å²) in [6.45, 7) is 11.4. The summed E-state index contributed by atoms with van der Waals surface area (Å²) < 4.78 is 23.8. The Balaban J connectivity index is 1.37. The molecule has 0 amide bonds. The number of H-pyrrole nitrogens is 1. The summed E-state index contributed by atoms with van der Waals surface area (Å²) in [6, 6.07) is 14.6. The Morgan fingerprint density at radius 2 is 1.61 bits per heavy atom. The van der Waals surface area contributed by atoms with Crippen molar-refractivity contribution >= 4 is 20.7 Å². The van der Waals surface area contributed by atoms with Crippen LogP contribution in [0, 0.1) is 0 Å². The van der Waals surface area contributed by atoms with Gasteiger partial charge in [-0.3, -0.25) is 4.79 Å². The topological polar surface area (TPSA) is 73.5 Å². The van der Waals surface area contributed by atoms with Gasteiger partial charge >= 0.3 is 0 Å². The molecular formula is C31H41N3O3S. The van der Waals surface area contributed by atoms with Crippen LogP contribution in [0.15, 0.2) is 52.2 Å². The van der Waals surface area contributed by atoms with E-state index in [2.05, 4.69) is 53.8 Å². The SMILES string of the molecule is CCc1c(-c2ccc(S(C)(=O)=O)cc2)c(=O)[nH]c2ccc(C3CCN(C4CCN(C(C)C)CC4)CC3)cc12. The summed E-state index contributed by atoms with van der Waals surface area (Å²) in [4.78, 5) is 21.8. The average molecular weight is 536 g/mol. The maximum atomic E-state index is 13.1. The zero-order chi connectivity index (χ0) is 27.0. The molecule has 38 heavy (non-hydrogen) atoms. The lowest BCUT2D eigenvalue weighted by molar-refractivity contribution is 0.0753. The molecule has 5 rings (SSSR count). The fourth-order valence-electron chi connectivity index (χ4n) is 6.54. The number of likely N-dealkylation sites (tertiary alicyclic amines) is 2. The molecule has 1 aromatic heterocycles. The smallest absolute Gasteiger partial charge is 0.256 e. The van der Waals surface area contributed by atoms with Crippen LogP contribution in [0.4, 0.5) is 0 Å². The number of aryl methyl sites for hydroxylation is 1. The molecule has 0 bridgehead atoms. The minimum atomic E-state index is -3.29. The highest BCUT2D eigenvalue weighted by Crippen LogP contribution is 2.34. The van der Waals surface area contributed by atoms with Crippen molar-refractivity contribution in [1.82, 2.24) is 14.8 Å². The first-order valence-corrected chi connectivity index (χ1v) is 16.0. The zero-order valence-electron chi connectivity index (χ0n) is 23.2. The number of hydrogen-bond acceptors (Lipinski definition) is 5. The number of benzene rings is 2. The quantitative estimate of drug-likeness (QED) is 0.469. The summed E-state index contributed by atoms with van der Waals surface area (Å²) in [6.07, 6.45) is 6.81. The molecule has 2 saturated heterocycles. The third-order valence-corrected chi connectivity index (χ3v) is 9.95. The molecule has 0 aliphatic carbocycles. The van der Waals surface area contributed by atoms with Gasteiger partial charge in [-0.05, 0) is 119 Å². The van der Waals surface area contributed by atoms with Gasteiger partial charge in [-0.2, -0.15) is 0 Å². The molecule has 7 heteroatoms. The van der Waals surface area contributed by atoms with E-state index < -0.39 is 9.84 Å². The maximum Gasteiger partial charge on any atom is 0.256 e. The molecule has 1 N–H and O–H groups in total. The Morgan fingerprint density at radius 3 is 2.18 bits per heavy atom. The number of aromatic amines is 1. The molecule has 204 valence electrons. The maximum absolute atomic E-state index is 13.1. The van der Waals surface area contributed by atoms with E-state index in [4.69, 9.17) is 0 Å². The van der Waals surface area contributed by atoms with Crippen LogP contribution in [0.3, 0.4) is 0 Å². The minimum Gasteiger partial charge on any atom is -0.321 e. The summed E-state index contributed by atoms with van der Waals surface area (Å²) in [5.41, 5.74) is 4.49. The molecule has 0 radical (unpaired) electrons. The summed E-state index contributed by atoms with van der Waals surface area (Å²) in [5, 5.41) is 1.09. The van der Waals surface area contributed by atoms with Crippen LogP contribution in [0.5, 0.6) is 0 Å². The van der Waals surface area contributed by atoms with Crippen molar-refractivity contribution in [2.75, 3.05) is 32.4 Å². The summed E-state index contributed by atoms with van der Waals surface area (Å²) in [7, 11) is -3.29. The average Bonchev–Trinajstić information content (AvgIpc) is 2.92. The van der Waals surface area contributed by atoms with E-state index in [1.165, 1.54) is 50.6 Å². The largest absolute Gasteiger partial charge is 0.321 e. The molecule has 0 atom stereocenters. The molecule has 2 aliphatic heterocycles. The standard InChI is InChI=1S/C31H41N3O3S/c1-5-27-28-20-24(22-12-16-34(17-13-22)25-14-18-33(19-15-25)21(2)3)8-11-29(28)32-31(35)30(27)23-6-9-26(10-7-23)38(4,36)37/h6-11,20-22,25H,5,12-19H2,1-4H3,(H,32,35). The van der Waals surface area contributed by atoms with Crippen LogP contribution in [0.1, 0.15) is 63.5 Å². The molecule has 0 saturated carbocycles. The van der Waals surface area contributed by atoms with Crippen molar-refractivity contribution < 1.29 is 8.42 Å². The number of piperidine rings is 2. The summed E-state index contributed by atoms with van der Waals surface area (Å²) >= 11 is 0. The van der Waals surface area contributed by atoms with E-state index in [9.17, 15) is 13.2 Å². The van der Waals surface area contributed by atoms with E-state index in [0.29, 0.717) is 17.5 Å². The lowest BCUT2D eigenvalue weighted by Gasteiger charge is -2.43. The van der Waals surface area contributed by atoms with Gasteiger partial charge in [0.05, 0.1) is 10.5 Å². The molecule has 2 fully saturated rings. The first-order valence-electron chi connectivity index (χ1n) is 14.1. The van der Waals surface area contributed by atoms with Crippen molar-refractivity contribution in [3.05, 3.63) is 63.9 Å². The lowest BCUT2D eigenvalue weighted by Crippen LogP contribution is -2.48. The number of sulfone groups is 1. The second-order valence-electron chi connectivity index (χ2n) is 11.4. The van der Waals surface area contributed by atoms with Gasteiger partial charge in [0.2, 0.25) is 0 Å². The number of nitrogens with one attached hydrogen (secondary N) is 1. The molecular weight excluding hydrogens is 494 g/mol. The van der Waals surface area contributed by atoms with Crippen LogP contribution in [0.2, 0.25) is 0 Å². The predicted molar refractivity (Wildman–Crippen MR) is 156 cm³/mol. The molecule has 2 aliphatic rings. The van der Waals surface area contributed by atoms with Gasteiger partial charge in [-0.15, -0.1) is 0 Å². The van der Waals surface area contributed by atoms with Gasteiger partial charge in [0.1, 0.15) is 0 Å². The van der Waals surface area contributed by atoms with Crippen LogP contribution in [0.25, 0.3) is 22.0 Å². The van der Waals surface area contributed by atoms with Gasteiger partial charge < -0.3 is 14.8 Å². The van der Waals surface area contributed by atoms with Gasteiger partial charge in [0.25, 0.3) is 5.56 Å². The normalized spacial score (nSPS) is 19.0. The van der Waals surface area contributed by atoms with Crippen LogP contribution < -0.4 is 5.56 Å². The van der Waals surface area contributed by atoms with Crippen LogP contribution in [-0.2, 0) is 16.3 Å². The minimum absolute atomic E-state index is 0.133. The van der Waals surface area contributed by atoms with Gasteiger partial charge in [-0.1, -0.05) is 25.1 Å². The first-order chi connectivity index (χ1) is 18.2. The van der Waals surface area contributed by atoms with Gasteiger partial charge in [0.15, 0.2) is 9.84 Å². The Labute approximate surface area is 227 Å². The fourth-order valence-corrected chi connectivity index (χ4v) is 7.17. The van der Waals surface area contributed by atoms with E-state index in [1.54, 1.807) is 24.3 Å². The molecule has 0 unspecified atom stereocenters. The van der Waals surface area contributed by atoms with Gasteiger partial charge in [0, 0.05) is 29.2 Å². The van der Waals surface area contributed by atoms with Crippen molar-refractivity contribution in [3.8, 4) is 11.1 Å². The summed E-state index contributed by atoms with van der Waals surface area (Å²) in [5.74, 6) is 0.528. The number of pyridine rings is 1. The highest BCUT2D eigenvalue weighted by Gasteiger charge is 2.29. The Hall–Kier alpha value is -2.48. The Morgan fingerprint density at radius 1 is 0.947 bits per heavy atom. The zero-order valence-corrected chi connectivity index (χ0v) is 24.0. The molecule has 3 aromatic rings. The molecule has 3 heterocycles. The van der Waals surface area contributed by atoms with E-state index >= 15 is 0 Å². The number of fused-ring (bicyclic) bond motifs is 1. The molecule has 6 nitrogen and oxygen atoms in total. The van der Waals surface area contributed by atoms with E-state index in [1.807, 2.05) is 0 Å². The number of nitrogens with zero attached hydrogens (tertiary/aromatic N) is 2. The first kappa shape index (κ1) is 27.1. The second-order valence-corrected chi connectivity index (χ2v) is 13.4. The number of hydrogen-bond donors (Lipinski definition) is 1. The van der Waals surface area contributed by atoms with Crippen molar-refractivity contribution in [1.29, 1.82) is 0 Å². The molecule has 0 spiro atoms. The van der Waals surface area contributed by atoms with Crippen molar-refractivity contribution in [3.63, 3.8) is 0 Å². The Bertz CT molecular complexity index is 1440. The second kappa shape index (κ2) is 10.9. The predicted octanol–water partition coefficient (Wildman–Crippen LogP) is 5.21. The van der Waals surface area contributed by atoms with Crippen molar-refractivity contribution in [2.45, 2.75) is 75.8 Å². The molecule has 2 aromatic carbocycles.